The standard InChI is InChI=1S/C11H13ClO2/c1-14-10-8(4-2-5-9(10)12)11(13)6-3-7-11/h2,4-5,13H,3,6-7H2,1H3. The average molecular weight is 213 g/mol. The third kappa shape index (κ3) is 1.39. The Morgan fingerprint density at radius 1 is 1.43 bits per heavy atom. The first-order chi connectivity index (χ1) is 6.67. The predicted molar refractivity (Wildman–Crippen MR) is 55.8 cm³/mol. The van der Waals surface area contributed by atoms with Crippen molar-refractivity contribution < 1.29 is 9.84 Å². The lowest BCUT2D eigenvalue weighted by Gasteiger charge is -2.37. The van der Waals surface area contributed by atoms with Crippen LogP contribution in [0.2, 0.25) is 5.02 Å². The Morgan fingerprint density at radius 3 is 2.64 bits per heavy atom. The van der Waals surface area contributed by atoms with Crippen molar-refractivity contribution >= 4 is 11.6 Å². The number of ether oxygens (including phenoxy) is 1. The third-order valence-corrected chi connectivity index (χ3v) is 3.15. The Bertz CT molecular complexity index is 345. The van der Waals surface area contributed by atoms with E-state index < -0.39 is 5.60 Å². The first-order valence-electron chi connectivity index (χ1n) is 4.73. The highest BCUT2D eigenvalue weighted by atomic mass is 35.5. The minimum Gasteiger partial charge on any atom is -0.495 e. The number of aliphatic hydroxyl groups is 1. The topological polar surface area (TPSA) is 29.5 Å². The predicted octanol–water partition coefficient (Wildman–Crippen LogP) is 2.72. The van der Waals surface area contributed by atoms with Crippen LogP contribution in [0.4, 0.5) is 0 Å². The molecule has 0 saturated heterocycles. The average Bonchev–Trinajstić information content (AvgIpc) is 2.14. The van der Waals surface area contributed by atoms with Crippen LogP contribution in [0.3, 0.4) is 0 Å². The van der Waals surface area contributed by atoms with E-state index >= 15 is 0 Å². The summed E-state index contributed by atoms with van der Waals surface area (Å²) in [6, 6.07) is 5.49. The summed E-state index contributed by atoms with van der Waals surface area (Å²) in [4.78, 5) is 0. The molecule has 1 saturated carbocycles. The second-order valence-corrected chi connectivity index (χ2v) is 4.11. The van der Waals surface area contributed by atoms with Crippen molar-refractivity contribution in [1.82, 2.24) is 0 Å². The monoisotopic (exact) mass is 212 g/mol. The van der Waals surface area contributed by atoms with Gasteiger partial charge in [0.1, 0.15) is 5.75 Å². The van der Waals surface area contributed by atoms with Crippen molar-refractivity contribution in [2.24, 2.45) is 0 Å². The Hall–Kier alpha value is -0.730. The number of benzene rings is 1. The van der Waals surface area contributed by atoms with E-state index in [-0.39, 0.29) is 0 Å². The summed E-state index contributed by atoms with van der Waals surface area (Å²) in [5.41, 5.74) is 0.106. The molecule has 2 nitrogen and oxygen atoms in total. The first-order valence-corrected chi connectivity index (χ1v) is 5.10. The summed E-state index contributed by atoms with van der Waals surface area (Å²) in [7, 11) is 1.58. The van der Waals surface area contributed by atoms with Crippen LogP contribution in [-0.4, -0.2) is 12.2 Å². The van der Waals surface area contributed by atoms with Gasteiger partial charge in [-0.3, -0.25) is 0 Å². The maximum absolute atomic E-state index is 10.2. The molecule has 0 radical (unpaired) electrons. The lowest BCUT2D eigenvalue weighted by atomic mass is 9.75. The van der Waals surface area contributed by atoms with Crippen molar-refractivity contribution in [3.8, 4) is 5.75 Å². The van der Waals surface area contributed by atoms with E-state index in [4.69, 9.17) is 16.3 Å². The van der Waals surface area contributed by atoms with Gasteiger partial charge in [-0.2, -0.15) is 0 Å². The fourth-order valence-corrected chi connectivity index (χ4v) is 2.12. The first kappa shape index (κ1) is 9.81. The van der Waals surface area contributed by atoms with E-state index in [1.54, 1.807) is 13.2 Å². The minimum absolute atomic E-state index is 0.560. The van der Waals surface area contributed by atoms with Crippen molar-refractivity contribution in [3.63, 3.8) is 0 Å². The molecule has 2 rings (SSSR count). The van der Waals surface area contributed by atoms with Crippen LogP contribution in [-0.2, 0) is 5.60 Å². The summed E-state index contributed by atoms with van der Waals surface area (Å²) in [6.07, 6.45) is 2.65. The Morgan fingerprint density at radius 2 is 2.14 bits per heavy atom. The quantitative estimate of drug-likeness (QED) is 0.817. The highest BCUT2D eigenvalue weighted by Crippen LogP contribution is 2.46. The molecule has 1 N–H and O–H groups in total. The Kier molecular flexibility index (Phi) is 2.41. The molecular formula is C11H13ClO2. The maximum Gasteiger partial charge on any atom is 0.143 e. The summed E-state index contributed by atoms with van der Waals surface area (Å²) in [5.74, 6) is 0.608. The highest BCUT2D eigenvalue weighted by molar-refractivity contribution is 6.32. The molecule has 0 atom stereocenters. The minimum atomic E-state index is -0.712. The van der Waals surface area contributed by atoms with Crippen molar-refractivity contribution in [3.05, 3.63) is 28.8 Å². The molecule has 0 amide bonds. The zero-order valence-corrected chi connectivity index (χ0v) is 8.84. The van der Waals surface area contributed by atoms with Gasteiger partial charge in [0.25, 0.3) is 0 Å². The van der Waals surface area contributed by atoms with E-state index in [2.05, 4.69) is 0 Å². The molecule has 0 aromatic heterocycles. The maximum atomic E-state index is 10.2. The largest absolute Gasteiger partial charge is 0.495 e. The molecule has 1 aliphatic rings. The van der Waals surface area contributed by atoms with Gasteiger partial charge in [0, 0.05) is 5.56 Å². The van der Waals surface area contributed by atoms with Gasteiger partial charge < -0.3 is 9.84 Å². The number of hydrogen-bond acceptors (Lipinski definition) is 2. The molecule has 1 aliphatic carbocycles. The van der Waals surface area contributed by atoms with Gasteiger partial charge in [-0.15, -0.1) is 0 Å². The molecule has 1 aromatic rings. The Balaban J connectivity index is 2.46. The number of hydrogen-bond donors (Lipinski definition) is 1. The number of rotatable bonds is 2. The van der Waals surface area contributed by atoms with E-state index in [1.807, 2.05) is 12.1 Å². The van der Waals surface area contributed by atoms with Crippen LogP contribution >= 0.6 is 11.6 Å². The molecule has 76 valence electrons. The number of methoxy groups -OCH3 is 1. The third-order valence-electron chi connectivity index (χ3n) is 2.85. The van der Waals surface area contributed by atoms with Crippen LogP contribution in [0.25, 0.3) is 0 Å². The molecule has 0 heterocycles. The second-order valence-electron chi connectivity index (χ2n) is 3.71. The summed E-state index contributed by atoms with van der Waals surface area (Å²) in [5, 5.41) is 10.7. The van der Waals surface area contributed by atoms with Gasteiger partial charge in [0.15, 0.2) is 0 Å². The van der Waals surface area contributed by atoms with Gasteiger partial charge in [-0.25, -0.2) is 0 Å². The fraction of sp³-hybridized carbons (Fsp3) is 0.455. The van der Waals surface area contributed by atoms with E-state index in [0.717, 1.165) is 24.8 Å². The summed E-state index contributed by atoms with van der Waals surface area (Å²) in [6.45, 7) is 0. The van der Waals surface area contributed by atoms with Gasteiger partial charge >= 0.3 is 0 Å². The molecule has 1 fully saturated rings. The second kappa shape index (κ2) is 3.44. The van der Waals surface area contributed by atoms with Crippen molar-refractivity contribution in [2.75, 3.05) is 7.11 Å². The van der Waals surface area contributed by atoms with Crippen LogP contribution in [0.1, 0.15) is 24.8 Å². The highest BCUT2D eigenvalue weighted by Gasteiger charge is 2.38. The SMILES string of the molecule is COc1c(Cl)cccc1C1(O)CCC1. The van der Waals surface area contributed by atoms with Crippen molar-refractivity contribution in [2.45, 2.75) is 24.9 Å². The lowest BCUT2D eigenvalue weighted by Crippen LogP contribution is -2.34. The molecular weight excluding hydrogens is 200 g/mol. The Labute approximate surface area is 88.5 Å². The number of para-hydroxylation sites is 1. The molecule has 0 aliphatic heterocycles. The normalized spacial score (nSPS) is 18.8. The molecule has 14 heavy (non-hydrogen) atoms. The zero-order valence-electron chi connectivity index (χ0n) is 8.09. The summed E-state index contributed by atoms with van der Waals surface area (Å²) >= 11 is 5.98. The van der Waals surface area contributed by atoms with E-state index in [0.29, 0.717) is 10.8 Å². The van der Waals surface area contributed by atoms with Crippen LogP contribution < -0.4 is 4.74 Å². The van der Waals surface area contributed by atoms with Crippen LogP contribution in [0.15, 0.2) is 18.2 Å². The van der Waals surface area contributed by atoms with Gasteiger partial charge in [-0.05, 0) is 25.3 Å². The van der Waals surface area contributed by atoms with Gasteiger partial charge in [0.2, 0.25) is 0 Å². The van der Waals surface area contributed by atoms with Gasteiger partial charge in [-0.1, -0.05) is 23.7 Å². The lowest BCUT2D eigenvalue weighted by molar-refractivity contribution is -0.0404. The molecule has 0 spiro atoms. The molecule has 1 aromatic carbocycles. The van der Waals surface area contributed by atoms with Gasteiger partial charge in [0.05, 0.1) is 17.7 Å². The molecule has 3 heteroatoms. The van der Waals surface area contributed by atoms with E-state index in [1.165, 1.54) is 0 Å². The van der Waals surface area contributed by atoms with Crippen LogP contribution in [0.5, 0.6) is 5.75 Å². The molecule has 0 unspecified atom stereocenters. The van der Waals surface area contributed by atoms with Crippen molar-refractivity contribution in [1.29, 1.82) is 0 Å². The molecule has 0 bridgehead atoms. The van der Waals surface area contributed by atoms with Crippen LogP contribution in [0, 0.1) is 0 Å². The zero-order chi connectivity index (χ0) is 10.2. The number of halogens is 1. The smallest absolute Gasteiger partial charge is 0.143 e. The van der Waals surface area contributed by atoms with E-state index in [9.17, 15) is 5.11 Å². The summed E-state index contributed by atoms with van der Waals surface area (Å²) < 4.78 is 5.21. The fourth-order valence-electron chi connectivity index (χ4n) is 1.86.